The summed E-state index contributed by atoms with van der Waals surface area (Å²) in [4.78, 5) is 23.6. The van der Waals surface area contributed by atoms with Gasteiger partial charge in [0, 0.05) is 23.1 Å². The van der Waals surface area contributed by atoms with Crippen LogP contribution in [0.25, 0.3) is 17.0 Å². The molecule has 128 valence electrons. The summed E-state index contributed by atoms with van der Waals surface area (Å²) in [5, 5.41) is 0.753. The Labute approximate surface area is 152 Å². The van der Waals surface area contributed by atoms with Crippen molar-refractivity contribution in [2.45, 2.75) is 20.0 Å². The van der Waals surface area contributed by atoms with Gasteiger partial charge < -0.3 is 13.6 Å². The molecule has 25 heavy (non-hydrogen) atoms. The quantitative estimate of drug-likeness (QED) is 0.357. The first kappa shape index (κ1) is 17.2. The van der Waals surface area contributed by atoms with Crippen molar-refractivity contribution in [2.24, 2.45) is 0 Å². The Balaban J connectivity index is 1.75. The number of halogens is 1. The van der Waals surface area contributed by atoms with Crippen LogP contribution in [0.4, 0.5) is 0 Å². The zero-order chi connectivity index (χ0) is 17.8. The lowest BCUT2D eigenvalue weighted by molar-refractivity contribution is -0.138. The molecule has 0 N–H and O–H groups in total. The van der Waals surface area contributed by atoms with Crippen LogP contribution in [0.2, 0.25) is 0 Å². The van der Waals surface area contributed by atoms with Crippen LogP contribution in [-0.2, 0) is 22.6 Å². The van der Waals surface area contributed by atoms with Gasteiger partial charge in [0.15, 0.2) is 4.67 Å². The molecular weight excluding hydrogens is 388 g/mol. The maximum atomic E-state index is 11.9. The normalized spacial score (nSPS) is 11.3. The van der Waals surface area contributed by atoms with Gasteiger partial charge >= 0.3 is 11.6 Å². The number of fused-ring (bicyclic) bond motifs is 1. The fraction of sp³-hybridized carbons (Fsp3) is 0.158. The molecule has 0 spiro atoms. The molecular formula is C19H15BrO5. The summed E-state index contributed by atoms with van der Waals surface area (Å²) in [5.41, 5.74) is 1.70. The van der Waals surface area contributed by atoms with Crippen molar-refractivity contribution in [1.82, 2.24) is 0 Å². The van der Waals surface area contributed by atoms with Crippen molar-refractivity contribution in [1.29, 1.82) is 0 Å². The Bertz CT molecular complexity index is 996. The predicted molar refractivity (Wildman–Crippen MR) is 97.1 cm³/mol. The van der Waals surface area contributed by atoms with Gasteiger partial charge in [-0.05, 0) is 52.2 Å². The molecule has 0 saturated heterocycles. The lowest BCUT2D eigenvalue weighted by Gasteiger charge is -2.06. The summed E-state index contributed by atoms with van der Waals surface area (Å²) >= 11 is 3.19. The number of carbonyl (C=O) groups excluding carboxylic acids is 1. The van der Waals surface area contributed by atoms with Crippen LogP contribution >= 0.6 is 15.9 Å². The van der Waals surface area contributed by atoms with Gasteiger partial charge in [-0.3, -0.25) is 0 Å². The lowest BCUT2D eigenvalue weighted by Crippen LogP contribution is -2.05. The Morgan fingerprint density at radius 1 is 1.20 bits per heavy atom. The second-order valence-electron chi connectivity index (χ2n) is 5.36. The van der Waals surface area contributed by atoms with E-state index in [0.29, 0.717) is 21.6 Å². The number of rotatable bonds is 5. The van der Waals surface area contributed by atoms with Crippen molar-refractivity contribution < 1.29 is 18.4 Å². The minimum Gasteiger partial charge on any atom is -0.458 e. The van der Waals surface area contributed by atoms with Gasteiger partial charge in [-0.2, -0.15) is 0 Å². The summed E-state index contributed by atoms with van der Waals surface area (Å²) < 4.78 is 16.3. The van der Waals surface area contributed by atoms with Crippen LogP contribution < -0.4 is 5.63 Å². The van der Waals surface area contributed by atoms with Gasteiger partial charge in [-0.25, -0.2) is 9.59 Å². The monoisotopic (exact) mass is 402 g/mol. The van der Waals surface area contributed by atoms with Crippen molar-refractivity contribution in [3.8, 4) is 0 Å². The third-order valence-corrected chi connectivity index (χ3v) is 4.08. The van der Waals surface area contributed by atoms with Crippen molar-refractivity contribution >= 4 is 38.9 Å². The second-order valence-corrected chi connectivity index (χ2v) is 6.14. The molecule has 6 heteroatoms. The topological polar surface area (TPSA) is 69.7 Å². The van der Waals surface area contributed by atoms with Crippen molar-refractivity contribution in [3.63, 3.8) is 0 Å². The average Bonchev–Trinajstić information content (AvgIpc) is 3.02. The molecule has 0 aliphatic heterocycles. The van der Waals surface area contributed by atoms with E-state index in [9.17, 15) is 9.59 Å². The lowest BCUT2D eigenvalue weighted by atomic mass is 10.1. The largest absolute Gasteiger partial charge is 0.458 e. The molecule has 2 heterocycles. The Hall–Kier alpha value is -2.60. The van der Waals surface area contributed by atoms with Gasteiger partial charge in [0.05, 0.1) is 0 Å². The van der Waals surface area contributed by atoms with E-state index in [1.165, 1.54) is 18.2 Å². The number of ether oxygens (including phenoxy) is 1. The minimum absolute atomic E-state index is 0.0153. The van der Waals surface area contributed by atoms with Crippen LogP contribution in [0.1, 0.15) is 23.8 Å². The molecule has 0 unspecified atom stereocenters. The fourth-order valence-corrected chi connectivity index (χ4v) is 2.70. The van der Waals surface area contributed by atoms with E-state index in [2.05, 4.69) is 15.9 Å². The van der Waals surface area contributed by atoms with E-state index >= 15 is 0 Å². The summed E-state index contributed by atoms with van der Waals surface area (Å²) in [6.07, 6.45) is 3.62. The summed E-state index contributed by atoms with van der Waals surface area (Å²) in [6.45, 7) is 2.01. The van der Waals surface area contributed by atoms with Gasteiger partial charge in [-0.1, -0.05) is 19.1 Å². The highest BCUT2D eigenvalue weighted by atomic mass is 79.9. The number of hydrogen-bond acceptors (Lipinski definition) is 5. The number of benzene rings is 1. The van der Waals surface area contributed by atoms with E-state index in [1.54, 1.807) is 12.1 Å². The van der Waals surface area contributed by atoms with Gasteiger partial charge in [0.1, 0.15) is 18.0 Å². The molecule has 0 saturated carbocycles. The van der Waals surface area contributed by atoms with Crippen LogP contribution in [0, 0.1) is 0 Å². The number of carbonyl (C=O) groups is 1. The third kappa shape index (κ3) is 4.28. The minimum atomic E-state index is -0.529. The molecule has 0 aliphatic carbocycles. The molecule has 3 rings (SSSR count). The Morgan fingerprint density at radius 2 is 2.04 bits per heavy atom. The molecule has 0 radical (unpaired) electrons. The van der Waals surface area contributed by atoms with E-state index in [-0.39, 0.29) is 6.61 Å². The fourth-order valence-electron chi connectivity index (χ4n) is 2.38. The highest BCUT2D eigenvalue weighted by Gasteiger charge is 2.08. The SMILES string of the molecule is CCc1ccc2c(COC(=O)/C=C/c3ccc(Br)o3)cc(=O)oc2c1. The van der Waals surface area contributed by atoms with Crippen molar-refractivity contribution in [2.75, 3.05) is 0 Å². The number of esters is 1. The molecule has 2 aromatic heterocycles. The van der Waals surface area contributed by atoms with Crippen LogP contribution in [0.3, 0.4) is 0 Å². The van der Waals surface area contributed by atoms with Crippen LogP contribution in [0.15, 0.2) is 60.8 Å². The van der Waals surface area contributed by atoms with Gasteiger partial charge in [0.2, 0.25) is 0 Å². The van der Waals surface area contributed by atoms with E-state index in [4.69, 9.17) is 13.6 Å². The number of hydrogen-bond donors (Lipinski definition) is 0. The summed E-state index contributed by atoms with van der Waals surface area (Å²) in [6, 6.07) is 10.4. The summed E-state index contributed by atoms with van der Waals surface area (Å²) in [7, 11) is 0. The second kappa shape index (κ2) is 7.53. The molecule has 1 aromatic carbocycles. The molecule has 5 nitrogen and oxygen atoms in total. The zero-order valence-electron chi connectivity index (χ0n) is 13.5. The van der Waals surface area contributed by atoms with Crippen molar-refractivity contribution in [3.05, 3.63) is 74.5 Å². The van der Waals surface area contributed by atoms with Crippen LogP contribution in [-0.4, -0.2) is 5.97 Å². The summed E-state index contributed by atoms with van der Waals surface area (Å²) in [5.74, 6) is 0.000756. The maximum absolute atomic E-state index is 11.9. The predicted octanol–water partition coefficient (Wildman–Crippen LogP) is 4.47. The molecule has 0 amide bonds. The maximum Gasteiger partial charge on any atom is 0.336 e. The van der Waals surface area contributed by atoms with E-state index in [0.717, 1.165) is 17.4 Å². The first-order valence-electron chi connectivity index (χ1n) is 7.71. The first-order chi connectivity index (χ1) is 12.0. The molecule has 0 bridgehead atoms. The average molecular weight is 403 g/mol. The highest BCUT2D eigenvalue weighted by Crippen LogP contribution is 2.20. The van der Waals surface area contributed by atoms with Gasteiger partial charge in [0.25, 0.3) is 0 Å². The molecule has 3 aromatic rings. The number of furan rings is 1. The standard InChI is InChI=1S/C19H15BrO5/c1-2-12-3-6-15-13(10-19(22)25-16(15)9-12)11-23-18(21)8-5-14-4-7-17(20)24-14/h3-10H,2,11H2,1H3/b8-5+. The Kier molecular flexibility index (Phi) is 5.19. The van der Waals surface area contributed by atoms with E-state index in [1.807, 2.05) is 25.1 Å². The Morgan fingerprint density at radius 3 is 2.76 bits per heavy atom. The zero-order valence-corrected chi connectivity index (χ0v) is 15.0. The van der Waals surface area contributed by atoms with E-state index < -0.39 is 11.6 Å². The molecule has 0 aliphatic rings. The highest BCUT2D eigenvalue weighted by molar-refractivity contribution is 9.10. The smallest absolute Gasteiger partial charge is 0.336 e. The van der Waals surface area contributed by atoms with Gasteiger partial charge in [-0.15, -0.1) is 0 Å². The molecule has 0 atom stereocenters. The first-order valence-corrected chi connectivity index (χ1v) is 8.50. The molecule has 0 fully saturated rings. The van der Waals surface area contributed by atoms with Crippen LogP contribution in [0.5, 0.6) is 0 Å². The number of aryl methyl sites for hydroxylation is 1. The third-order valence-electron chi connectivity index (χ3n) is 3.65.